The molecule has 0 aromatic heterocycles. The number of carbonyl (C=O) groups is 1. The molecule has 1 aromatic carbocycles. The predicted molar refractivity (Wildman–Crippen MR) is 84.8 cm³/mol. The van der Waals surface area contributed by atoms with Crippen LogP contribution in [-0.2, 0) is 11.2 Å². The summed E-state index contributed by atoms with van der Waals surface area (Å²) in [4.78, 5) is 8.81. The molecule has 2 N–H and O–H groups in total. The topological polar surface area (TPSA) is 49.3 Å². The molecule has 0 heterocycles. The quantitative estimate of drug-likeness (QED) is 0.821. The summed E-state index contributed by atoms with van der Waals surface area (Å²) in [5.74, 6) is 0.343. The van der Waals surface area contributed by atoms with E-state index in [2.05, 4.69) is 12.2 Å². The van der Waals surface area contributed by atoms with E-state index < -0.39 is 0 Å². The number of phenolic OH excluding ortho intramolecular Hbond substituents is 1. The smallest absolute Gasteiger partial charge is 0.116 e. The molecule has 0 aliphatic rings. The van der Waals surface area contributed by atoms with E-state index in [1.807, 2.05) is 46.9 Å². The van der Waals surface area contributed by atoms with E-state index >= 15 is 0 Å². The summed E-state index contributed by atoms with van der Waals surface area (Å²) in [6.45, 7) is 11.6. The minimum Gasteiger partial charge on any atom is -0.508 e. The molecule has 1 aromatic rings. The molecule has 0 aliphatic heterocycles. The van der Waals surface area contributed by atoms with Crippen molar-refractivity contribution in [3.63, 3.8) is 0 Å². The van der Waals surface area contributed by atoms with Crippen LogP contribution in [0.5, 0.6) is 5.75 Å². The molecule has 1 atom stereocenters. The van der Waals surface area contributed by atoms with Crippen LogP contribution in [0.1, 0.15) is 47.1 Å². The zero-order valence-electron chi connectivity index (χ0n) is 13.5. The van der Waals surface area contributed by atoms with Crippen LogP contribution in [0.15, 0.2) is 24.3 Å². The van der Waals surface area contributed by atoms with Crippen LogP contribution in [-0.4, -0.2) is 24.5 Å². The van der Waals surface area contributed by atoms with Gasteiger partial charge in [0, 0.05) is 6.04 Å². The summed E-state index contributed by atoms with van der Waals surface area (Å²) in [7, 11) is 1.94. The summed E-state index contributed by atoms with van der Waals surface area (Å²) >= 11 is 0. The van der Waals surface area contributed by atoms with Gasteiger partial charge in [-0.25, -0.2) is 0 Å². The average Bonchev–Trinajstić information content (AvgIpc) is 2.44. The van der Waals surface area contributed by atoms with Crippen molar-refractivity contribution >= 4 is 6.29 Å². The molecule has 0 fully saturated rings. The molecule has 0 radical (unpaired) electrons. The highest BCUT2D eigenvalue weighted by molar-refractivity contribution is 5.44. The minimum atomic E-state index is 0.343. The summed E-state index contributed by atoms with van der Waals surface area (Å²) in [5, 5.41) is 12.3. The van der Waals surface area contributed by atoms with Crippen LogP contribution in [0, 0.1) is 0 Å². The Bertz CT molecular complexity index is 288. The van der Waals surface area contributed by atoms with E-state index in [0.717, 1.165) is 18.3 Å². The van der Waals surface area contributed by atoms with Gasteiger partial charge in [0.15, 0.2) is 0 Å². The number of aldehydes is 1. The second kappa shape index (κ2) is 19.0. The lowest BCUT2D eigenvalue weighted by atomic mass is 10.1. The standard InChI is InChI=1S/C10H15NO.C2H4O.2C2H6/c1-8(11-2)6-9-4-3-5-10(12)7-9;1-2-3;2*1-2/h3-5,7-8,11-12H,6H2,1-2H3;2H,1H3;2*1-2H3. The Morgan fingerprint density at radius 2 is 1.74 bits per heavy atom. The van der Waals surface area contributed by atoms with Crippen molar-refractivity contribution in [2.24, 2.45) is 0 Å². The molecule has 0 saturated carbocycles. The molecule has 0 saturated heterocycles. The van der Waals surface area contributed by atoms with Gasteiger partial charge >= 0.3 is 0 Å². The van der Waals surface area contributed by atoms with E-state index in [1.165, 1.54) is 6.92 Å². The molecule has 0 amide bonds. The van der Waals surface area contributed by atoms with E-state index in [9.17, 15) is 5.11 Å². The van der Waals surface area contributed by atoms with E-state index in [0.29, 0.717) is 11.8 Å². The molecule has 3 nitrogen and oxygen atoms in total. The monoisotopic (exact) mass is 269 g/mol. The summed E-state index contributed by atoms with van der Waals surface area (Å²) in [6.07, 6.45) is 1.70. The first-order valence-corrected chi connectivity index (χ1v) is 6.99. The third-order valence-corrected chi connectivity index (χ3v) is 1.95. The fourth-order valence-corrected chi connectivity index (χ4v) is 1.14. The molecule has 1 rings (SSSR count). The number of benzene rings is 1. The first-order chi connectivity index (χ1) is 9.13. The molecular formula is C16H31NO2. The van der Waals surface area contributed by atoms with Crippen LogP contribution in [0.25, 0.3) is 0 Å². The second-order valence-corrected chi connectivity index (χ2v) is 3.30. The molecule has 1 unspecified atom stereocenters. The number of phenols is 1. The van der Waals surface area contributed by atoms with Gasteiger partial charge in [0.05, 0.1) is 0 Å². The SMILES string of the molecule is CC.CC.CC=O.CNC(C)Cc1cccc(O)c1. The largest absolute Gasteiger partial charge is 0.508 e. The van der Waals surface area contributed by atoms with Gasteiger partial charge in [-0.2, -0.15) is 0 Å². The Kier molecular flexibility index (Phi) is 22.8. The van der Waals surface area contributed by atoms with Crippen LogP contribution in [0.3, 0.4) is 0 Å². The zero-order valence-corrected chi connectivity index (χ0v) is 13.5. The molecule has 112 valence electrons. The highest BCUT2D eigenvalue weighted by Crippen LogP contribution is 2.12. The second-order valence-electron chi connectivity index (χ2n) is 3.30. The third-order valence-electron chi connectivity index (χ3n) is 1.95. The number of nitrogens with one attached hydrogen (secondary N) is 1. The van der Waals surface area contributed by atoms with Gasteiger partial charge in [-0.15, -0.1) is 0 Å². The summed E-state index contributed by atoms with van der Waals surface area (Å²) in [5.41, 5.74) is 1.16. The maximum absolute atomic E-state index is 9.18. The molecule has 0 spiro atoms. The minimum absolute atomic E-state index is 0.343. The van der Waals surface area contributed by atoms with Gasteiger partial charge in [-0.3, -0.25) is 0 Å². The van der Waals surface area contributed by atoms with Crippen molar-refractivity contribution in [1.82, 2.24) is 5.32 Å². The van der Waals surface area contributed by atoms with Crippen LogP contribution < -0.4 is 5.32 Å². The van der Waals surface area contributed by atoms with Crippen molar-refractivity contribution < 1.29 is 9.90 Å². The average molecular weight is 269 g/mol. The highest BCUT2D eigenvalue weighted by atomic mass is 16.3. The first kappa shape index (κ1) is 22.8. The molecule has 3 heteroatoms. The van der Waals surface area contributed by atoms with Gasteiger partial charge in [0.1, 0.15) is 12.0 Å². The fourth-order valence-electron chi connectivity index (χ4n) is 1.14. The predicted octanol–water partition coefficient (Wildman–Crippen LogP) is 3.80. The number of hydrogen-bond donors (Lipinski definition) is 2. The number of aromatic hydroxyl groups is 1. The van der Waals surface area contributed by atoms with Crippen LogP contribution >= 0.6 is 0 Å². The maximum Gasteiger partial charge on any atom is 0.116 e. The van der Waals surface area contributed by atoms with Gasteiger partial charge in [-0.1, -0.05) is 39.8 Å². The molecule has 19 heavy (non-hydrogen) atoms. The Morgan fingerprint density at radius 1 is 1.26 bits per heavy atom. The van der Waals surface area contributed by atoms with Crippen molar-refractivity contribution in [2.75, 3.05) is 7.05 Å². The summed E-state index contributed by atoms with van der Waals surface area (Å²) in [6, 6.07) is 7.83. The number of rotatable bonds is 3. The molecule has 0 bridgehead atoms. The van der Waals surface area contributed by atoms with Gasteiger partial charge in [0.25, 0.3) is 0 Å². The highest BCUT2D eigenvalue weighted by Gasteiger charge is 2.00. The van der Waals surface area contributed by atoms with E-state index in [4.69, 9.17) is 4.79 Å². The fraction of sp³-hybridized carbons (Fsp3) is 0.562. The lowest BCUT2D eigenvalue weighted by Crippen LogP contribution is -2.23. The normalized spacial score (nSPS) is 9.42. The third kappa shape index (κ3) is 16.6. The van der Waals surface area contributed by atoms with Gasteiger partial charge in [-0.05, 0) is 45.0 Å². The lowest BCUT2D eigenvalue weighted by molar-refractivity contribution is -0.106. The first-order valence-electron chi connectivity index (χ1n) is 6.99. The molecule has 0 aliphatic carbocycles. The Hall–Kier alpha value is -1.35. The van der Waals surface area contributed by atoms with E-state index in [-0.39, 0.29) is 0 Å². The summed E-state index contributed by atoms with van der Waals surface area (Å²) < 4.78 is 0. The van der Waals surface area contributed by atoms with Gasteiger partial charge < -0.3 is 15.2 Å². The Labute approximate surface area is 119 Å². The van der Waals surface area contributed by atoms with Crippen LogP contribution in [0.2, 0.25) is 0 Å². The van der Waals surface area contributed by atoms with E-state index in [1.54, 1.807) is 12.1 Å². The number of carbonyl (C=O) groups excluding carboxylic acids is 1. The molecular weight excluding hydrogens is 238 g/mol. The van der Waals surface area contributed by atoms with Crippen molar-refractivity contribution in [3.8, 4) is 5.75 Å². The van der Waals surface area contributed by atoms with Gasteiger partial charge in [0.2, 0.25) is 0 Å². The maximum atomic E-state index is 9.18. The number of likely N-dealkylation sites (N-methyl/N-ethyl adjacent to an activating group) is 1. The van der Waals surface area contributed by atoms with Crippen molar-refractivity contribution in [1.29, 1.82) is 0 Å². The van der Waals surface area contributed by atoms with Crippen molar-refractivity contribution in [2.45, 2.75) is 54.0 Å². The van der Waals surface area contributed by atoms with Crippen molar-refractivity contribution in [3.05, 3.63) is 29.8 Å². The Morgan fingerprint density at radius 3 is 2.11 bits per heavy atom. The van der Waals surface area contributed by atoms with Crippen LogP contribution in [0.4, 0.5) is 0 Å². The zero-order chi connectivity index (χ0) is 15.7. The lowest BCUT2D eigenvalue weighted by Gasteiger charge is -2.09. The number of hydrogen-bond acceptors (Lipinski definition) is 3. The Balaban J connectivity index is -0.000000313.